The van der Waals surface area contributed by atoms with Crippen molar-refractivity contribution in [2.45, 2.75) is 38.6 Å². The number of benzene rings is 1. The molecule has 1 aromatic carbocycles. The lowest BCUT2D eigenvalue weighted by molar-refractivity contribution is 0.204. The van der Waals surface area contributed by atoms with Crippen molar-refractivity contribution < 1.29 is 13.2 Å². The highest BCUT2D eigenvalue weighted by atomic mass is 127. The van der Waals surface area contributed by atoms with Crippen molar-refractivity contribution in [1.29, 1.82) is 0 Å². The molecule has 2 atom stereocenters. The number of nitrogens with one attached hydrogen (secondary N) is 2. The fourth-order valence-electron chi connectivity index (χ4n) is 3.60. The second-order valence-corrected chi connectivity index (χ2v) is 9.33. The monoisotopic (exact) mass is 538 g/mol. The number of methoxy groups -OCH3 is 1. The number of likely N-dealkylation sites (tertiary alicyclic amines) is 1. The van der Waals surface area contributed by atoms with Crippen molar-refractivity contribution in [3.8, 4) is 0 Å². The molecule has 9 heteroatoms. The molecule has 1 fully saturated rings. The lowest BCUT2D eigenvalue weighted by atomic mass is 9.92. The number of piperidine rings is 1. The normalized spacial score (nSPS) is 20.3. The number of nitrogens with zero attached hydrogens (tertiary/aromatic N) is 2. The average molecular weight is 538 g/mol. The third kappa shape index (κ3) is 8.39. The van der Waals surface area contributed by atoms with E-state index in [1.54, 1.807) is 25.3 Å². The van der Waals surface area contributed by atoms with Gasteiger partial charge in [-0.05, 0) is 42.9 Å². The van der Waals surface area contributed by atoms with Gasteiger partial charge in [-0.15, -0.1) is 24.0 Å². The molecule has 2 N–H and O–H groups in total. The fourth-order valence-corrected chi connectivity index (χ4v) is 4.68. The molecule has 7 nitrogen and oxygen atoms in total. The highest BCUT2D eigenvalue weighted by Gasteiger charge is 2.24. The Kier molecular flexibility index (Phi) is 11.4. The molecule has 0 bridgehead atoms. The Morgan fingerprint density at radius 2 is 1.97 bits per heavy atom. The number of aliphatic imine (C=N–C) groups is 1. The van der Waals surface area contributed by atoms with Gasteiger partial charge in [-0.2, -0.15) is 0 Å². The lowest BCUT2D eigenvalue weighted by Gasteiger charge is -2.37. The second kappa shape index (κ2) is 12.7. The Labute approximate surface area is 192 Å². The molecule has 0 aromatic heterocycles. The van der Waals surface area contributed by atoms with Crippen LogP contribution in [0.4, 0.5) is 0 Å². The third-order valence-electron chi connectivity index (χ3n) is 4.72. The SMILES string of the molecule is CCNC(=NCc1cccc(S(=O)(=O)NCCOC)c1)N1CC(C)CC(C)C1.I. The molecule has 166 valence electrons. The summed E-state index contributed by atoms with van der Waals surface area (Å²) in [6, 6.07) is 6.95. The fraction of sp³-hybridized carbons (Fsp3) is 0.650. The minimum absolute atomic E-state index is 0. The Hall–Kier alpha value is -0.910. The van der Waals surface area contributed by atoms with Gasteiger partial charge in [-0.3, -0.25) is 0 Å². The highest BCUT2D eigenvalue weighted by Crippen LogP contribution is 2.21. The maximum atomic E-state index is 12.4. The molecule has 0 spiro atoms. The summed E-state index contributed by atoms with van der Waals surface area (Å²) in [6.45, 7) is 10.4. The maximum absolute atomic E-state index is 12.4. The lowest BCUT2D eigenvalue weighted by Crippen LogP contribution is -2.48. The van der Waals surface area contributed by atoms with Crippen molar-refractivity contribution in [1.82, 2.24) is 14.9 Å². The van der Waals surface area contributed by atoms with Gasteiger partial charge >= 0.3 is 0 Å². The summed E-state index contributed by atoms with van der Waals surface area (Å²) >= 11 is 0. The zero-order valence-electron chi connectivity index (χ0n) is 17.8. The second-order valence-electron chi connectivity index (χ2n) is 7.56. The van der Waals surface area contributed by atoms with E-state index in [0.29, 0.717) is 25.0 Å². The first kappa shape index (κ1) is 26.1. The standard InChI is InChI=1S/C20H34N4O3S.HI/c1-5-21-20(24-14-16(2)11-17(3)15-24)22-13-18-7-6-8-19(12-18)28(25,26)23-9-10-27-4;/h6-8,12,16-17,23H,5,9-11,13-15H2,1-4H3,(H,21,22);1H. The number of guanidine groups is 1. The van der Waals surface area contributed by atoms with Crippen LogP contribution in [0.5, 0.6) is 0 Å². The first-order valence-electron chi connectivity index (χ1n) is 9.96. The molecule has 0 radical (unpaired) electrons. The molecule has 29 heavy (non-hydrogen) atoms. The van der Waals surface area contributed by atoms with Crippen LogP contribution in [0.15, 0.2) is 34.2 Å². The summed E-state index contributed by atoms with van der Waals surface area (Å²) in [5.41, 5.74) is 0.864. The molecular formula is C20H35IN4O3S. The Balaban J connectivity index is 0.00000420. The van der Waals surface area contributed by atoms with Crippen molar-refractivity contribution >= 4 is 40.0 Å². The zero-order valence-corrected chi connectivity index (χ0v) is 21.0. The number of ether oxygens (including phenoxy) is 1. The van der Waals surface area contributed by atoms with Crippen LogP contribution in [0.25, 0.3) is 0 Å². The van der Waals surface area contributed by atoms with Crippen LogP contribution in [-0.4, -0.2) is 59.2 Å². The topological polar surface area (TPSA) is 83.0 Å². The van der Waals surface area contributed by atoms with Gasteiger partial charge in [-0.25, -0.2) is 18.1 Å². The number of sulfonamides is 1. The van der Waals surface area contributed by atoms with E-state index in [9.17, 15) is 8.42 Å². The molecule has 2 rings (SSSR count). The molecule has 1 aliphatic rings. The minimum Gasteiger partial charge on any atom is -0.383 e. The highest BCUT2D eigenvalue weighted by molar-refractivity contribution is 14.0. The largest absolute Gasteiger partial charge is 0.383 e. The van der Waals surface area contributed by atoms with E-state index in [2.05, 4.69) is 35.7 Å². The zero-order chi connectivity index (χ0) is 20.6. The number of hydrogen-bond acceptors (Lipinski definition) is 4. The smallest absolute Gasteiger partial charge is 0.240 e. The number of rotatable bonds is 8. The van der Waals surface area contributed by atoms with Gasteiger partial charge in [-0.1, -0.05) is 26.0 Å². The molecular weight excluding hydrogens is 503 g/mol. The van der Waals surface area contributed by atoms with Gasteiger partial charge in [0.1, 0.15) is 0 Å². The molecule has 1 heterocycles. The average Bonchev–Trinajstić information content (AvgIpc) is 2.64. The summed E-state index contributed by atoms with van der Waals surface area (Å²) in [4.78, 5) is 7.34. The van der Waals surface area contributed by atoms with E-state index < -0.39 is 10.0 Å². The quantitative estimate of drug-likeness (QED) is 0.230. The van der Waals surface area contributed by atoms with Crippen molar-refractivity contribution in [2.75, 3.05) is 39.9 Å². The summed E-state index contributed by atoms with van der Waals surface area (Å²) in [6.07, 6.45) is 1.24. The predicted octanol–water partition coefficient (Wildman–Crippen LogP) is 2.67. The Morgan fingerprint density at radius 1 is 1.28 bits per heavy atom. The van der Waals surface area contributed by atoms with Crippen molar-refractivity contribution in [3.05, 3.63) is 29.8 Å². The van der Waals surface area contributed by atoms with E-state index in [1.165, 1.54) is 6.42 Å². The summed E-state index contributed by atoms with van der Waals surface area (Å²) < 4.78 is 32.2. The van der Waals surface area contributed by atoms with E-state index in [1.807, 2.05) is 6.07 Å². The Morgan fingerprint density at radius 3 is 2.59 bits per heavy atom. The molecule has 0 amide bonds. The van der Waals surface area contributed by atoms with Crippen LogP contribution >= 0.6 is 24.0 Å². The number of hydrogen-bond donors (Lipinski definition) is 2. The third-order valence-corrected chi connectivity index (χ3v) is 6.18. The Bertz CT molecular complexity index is 748. The molecule has 0 saturated carbocycles. The van der Waals surface area contributed by atoms with Crippen LogP contribution in [0, 0.1) is 11.8 Å². The van der Waals surface area contributed by atoms with Crippen LogP contribution in [0.2, 0.25) is 0 Å². The summed E-state index contributed by atoms with van der Waals surface area (Å²) in [7, 11) is -2.00. The van der Waals surface area contributed by atoms with E-state index >= 15 is 0 Å². The van der Waals surface area contributed by atoms with Gasteiger partial charge in [0.15, 0.2) is 5.96 Å². The summed E-state index contributed by atoms with van der Waals surface area (Å²) in [5.74, 6) is 2.17. The van der Waals surface area contributed by atoms with Gasteiger partial charge in [0.2, 0.25) is 10.0 Å². The van der Waals surface area contributed by atoms with Crippen molar-refractivity contribution in [2.24, 2.45) is 16.8 Å². The van der Waals surface area contributed by atoms with Crippen molar-refractivity contribution in [3.63, 3.8) is 0 Å². The number of halogens is 1. The van der Waals surface area contributed by atoms with Gasteiger partial charge in [0, 0.05) is 33.3 Å². The van der Waals surface area contributed by atoms with Gasteiger partial charge < -0.3 is 15.0 Å². The molecule has 1 saturated heterocycles. The first-order valence-corrected chi connectivity index (χ1v) is 11.4. The summed E-state index contributed by atoms with van der Waals surface area (Å²) in [5, 5.41) is 3.37. The molecule has 2 unspecified atom stereocenters. The van der Waals surface area contributed by atoms with Gasteiger partial charge in [0.05, 0.1) is 18.0 Å². The van der Waals surface area contributed by atoms with Crippen LogP contribution in [-0.2, 0) is 21.3 Å². The van der Waals surface area contributed by atoms with Gasteiger partial charge in [0.25, 0.3) is 0 Å². The minimum atomic E-state index is -3.54. The molecule has 0 aliphatic carbocycles. The molecule has 1 aromatic rings. The first-order chi connectivity index (χ1) is 13.4. The van der Waals surface area contributed by atoms with Crippen LogP contribution in [0.3, 0.4) is 0 Å². The molecule has 1 aliphatic heterocycles. The van der Waals surface area contributed by atoms with Crippen LogP contribution in [0.1, 0.15) is 32.8 Å². The maximum Gasteiger partial charge on any atom is 0.240 e. The van der Waals surface area contributed by atoms with E-state index in [4.69, 9.17) is 9.73 Å². The van der Waals surface area contributed by atoms with E-state index in [0.717, 1.165) is 31.2 Å². The predicted molar refractivity (Wildman–Crippen MR) is 128 cm³/mol. The van der Waals surface area contributed by atoms with E-state index in [-0.39, 0.29) is 35.4 Å². The van der Waals surface area contributed by atoms with Crippen LogP contribution < -0.4 is 10.0 Å².